The van der Waals surface area contributed by atoms with Crippen molar-refractivity contribution in [2.24, 2.45) is 0 Å². The molecule has 0 saturated carbocycles. The molecule has 1 amide bonds. The number of hydrogen-bond donors (Lipinski definition) is 0. The van der Waals surface area contributed by atoms with E-state index < -0.39 is 9.84 Å². The molecule has 3 aromatic rings. The van der Waals surface area contributed by atoms with Gasteiger partial charge in [-0.2, -0.15) is 0 Å². The highest BCUT2D eigenvalue weighted by atomic mass is 32.2. The fourth-order valence-corrected chi connectivity index (χ4v) is 3.28. The first kappa shape index (κ1) is 17.9. The Bertz CT molecular complexity index is 990. The Morgan fingerprint density at radius 3 is 2.08 bits per heavy atom. The Morgan fingerprint density at radius 2 is 1.54 bits per heavy atom. The summed E-state index contributed by atoms with van der Waals surface area (Å²) in [4.78, 5) is 14.3. The summed E-state index contributed by atoms with van der Waals surface area (Å²) in [5, 5.41) is 0. The highest BCUT2D eigenvalue weighted by Gasteiger charge is 2.13. The van der Waals surface area contributed by atoms with Gasteiger partial charge in [0.15, 0.2) is 9.84 Å². The Hall–Kier alpha value is -2.86. The number of carbonyl (C=O) groups excluding carboxylic acids is 1. The Morgan fingerprint density at radius 1 is 0.962 bits per heavy atom. The van der Waals surface area contributed by atoms with Crippen LogP contribution >= 0.6 is 0 Å². The van der Waals surface area contributed by atoms with Gasteiger partial charge in [0.1, 0.15) is 0 Å². The Kier molecular flexibility index (Phi) is 4.95. The van der Waals surface area contributed by atoms with Crippen LogP contribution in [0.1, 0.15) is 5.56 Å². The summed E-state index contributed by atoms with van der Waals surface area (Å²) in [7, 11) is -1.56. The predicted octanol–water partition coefficient (Wildman–Crippen LogP) is 3.09. The lowest BCUT2D eigenvalue weighted by molar-refractivity contribution is -0.117. The highest BCUT2D eigenvalue weighted by molar-refractivity contribution is 7.90. The zero-order valence-corrected chi connectivity index (χ0v) is 15.5. The van der Waals surface area contributed by atoms with Gasteiger partial charge in [-0.1, -0.05) is 12.1 Å². The van der Waals surface area contributed by atoms with Crippen LogP contribution < -0.4 is 4.90 Å². The van der Waals surface area contributed by atoms with Gasteiger partial charge in [-0.3, -0.25) is 4.79 Å². The third-order valence-corrected chi connectivity index (χ3v) is 5.35. The van der Waals surface area contributed by atoms with E-state index in [1.807, 2.05) is 53.4 Å². The first-order valence-corrected chi connectivity index (χ1v) is 10.0. The van der Waals surface area contributed by atoms with Gasteiger partial charge in [0.2, 0.25) is 5.91 Å². The molecule has 0 fully saturated rings. The standard InChI is InChI=1S/C20H20N2O3S/c1-21(17-9-11-19(12-10-17)26(2,24)25)20(23)15-16-5-7-18(8-6-16)22-13-3-4-14-22/h3-14H,15H2,1-2H3. The second-order valence-corrected chi connectivity index (χ2v) is 8.17. The number of likely N-dealkylation sites (N-methyl/N-ethyl adjacent to an activating group) is 1. The number of anilines is 1. The Labute approximate surface area is 153 Å². The van der Waals surface area contributed by atoms with E-state index in [1.54, 1.807) is 19.2 Å². The van der Waals surface area contributed by atoms with Crippen molar-refractivity contribution in [3.63, 3.8) is 0 Å². The first-order valence-electron chi connectivity index (χ1n) is 8.13. The molecular weight excluding hydrogens is 348 g/mol. The quantitative estimate of drug-likeness (QED) is 0.695. The number of sulfone groups is 1. The zero-order valence-electron chi connectivity index (χ0n) is 14.7. The summed E-state index contributed by atoms with van der Waals surface area (Å²) in [5.41, 5.74) is 2.62. The summed E-state index contributed by atoms with van der Waals surface area (Å²) < 4.78 is 25.0. The molecule has 1 heterocycles. The van der Waals surface area contributed by atoms with Crippen LogP contribution in [0, 0.1) is 0 Å². The number of aromatic nitrogens is 1. The van der Waals surface area contributed by atoms with Crippen LogP contribution in [-0.4, -0.2) is 32.2 Å². The lowest BCUT2D eigenvalue weighted by Crippen LogP contribution is -2.27. The van der Waals surface area contributed by atoms with Crippen LogP contribution in [-0.2, 0) is 21.1 Å². The number of carbonyl (C=O) groups is 1. The largest absolute Gasteiger partial charge is 0.324 e. The molecule has 0 atom stereocenters. The van der Waals surface area contributed by atoms with Gasteiger partial charge in [-0.05, 0) is 54.1 Å². The molecule has 0 spiro atoms. The minimum absolute atomic E-state index is 0.0641. The molecule has 3 rings (SSSR count). The molecule has 2 aromatic carbocycles. The minimum atomic E-state index is -3.24. The first-order chi connectivity index (χ1) is 12.3. The smallest absolute Gasteiger partial charge is 0.231 e. The molecule has 0 saturated heterocycles. The predicted molar refractivity (Wildman–Crippen MR) is 102 cm³/mol. The topological polar surface area (TPSA) is 59.4 Å². The zero-order chi connectivity index (χ0) is 18.7. The van der Waals surface area contributed by atoms with E-state index in [0.717, 1.165) is 17.5 Å². The van der Waals surface area contributed by atoms with Gasteiger partial charge in [0.25, 0.3) is 0 Å². The number of amides is 1. The van der Waals surface area contributed by atoms with Crippen molar-refractivity contribution in [3.8, 4) is 5.69 Å². The summed E-state index contributed by atoms with van der Waals surface area (Å²) in [6, 6.07) is 18.1. The lowest BCUT2D eigenvalue weighted by atomic mass is 10.1. The van der Waals surface area contributed by atoms with E-state index in [-0.39, 0.29) is 17.2 Å². The van der Waals surface area contributed by atoms with Crippen molar-refractivity contribution in [3.05, 3.63) is 78.6 Å². The molecule has 6 heteroatoms. The van der Waals surface area contributed by atoms with Crippen molar-refractivity contribution >= 4 is 21.4 Å². The summed E-state index contributed by atoms with van der Waals surface area (Å²) in [5.74, 6) is -0.0641. The fourth-order valence-electron chi connectivity index (χ4n) is 2.65. The molecule has 0 unspecified atom stereocenters. The molecule has 0 N–H and O–H groups in total. The van der Waals surface area contributed by atoms with Gasteiger partial charge >= 0.3 is 0 Å². The second-order valence-electron chi connectivity index (χ2n) is 6.15. The number of hydrogen-bond acceptors (Lipinski definition) is 3. The third-order valence-electron chi connectivity index (χ3n) is 4.22. The molecule has 0 aliphatic heterocycles. The molecule has 0 bridgehead atoms. The van der Waals surface area contributed by atoms with Crippen LogP contribution in [0.3, 0.4) is 0 Å². The summed E-state index contributed by atoms with van der Waals surface area (Å²) in [6.45, 7) is 0. The van der Waals surface area contributed by atoms with E-state index in [1.165, 1.54) is 17.0 Å². The Balaban J connectivity index is 1.69. The van der Waals surface area contributed by atoms with Crippen LogP contribution in [0.25, 0.3) is 5.69 Å². The molecule has 1 aromatic heterocycles. The van der Waals surface area contributed by atoms with E-state index in [2.05, 4.69) is 0 Å². The molecule has 0 aliphatic carbocycles. The van der Waals surface area contributed by atoms with Gasteiger partial charge in [0, 0.05) is 37.1 Å². The normalized spacial score (nSPS) is 11.3. The molecule has 0 radical (unpaired) electrons. The average Bonchev–Trinajstić information content (AvgIpc) is 3.16. The van der Waals surface area contributed by atoms with Gasteiger partial charge in [-0.15, -0.1) is 0 Å². The van der Waals surface area contributed by atoms with E-state index in [9.17, 15) is 13.2 Å². The minimum Gasteiger partial charge on any atom is -0.324 e. The van der Waals surface area contributed by atoms with Gasteiger partial charge < -0.3 is 9.47 Å². The van der Waals surface area contributed by atoms with Crippen molar-refractivity contribution in [1.29, 1.82) is 0 Å². The van der Waals surface area contributed by atoms with Gasteiger partial charge in [-0.25, -0.2) is 8.42 Å². The molecule has 5 nitrogen and oxygen atoms in total. The van der Waals surface area contributed by atoms with Crippen molar-refractivity contribution in [2.75, 3.05) is 18.2 Å². The maximum Gasteiger partial charge on any atom is 0.231 e. The maximum absolute atomic E-state index is 12.5. The average molecular weight is 368 g/mol. The lowest BCUT2D eigenvalue weighted by Gasteiger charge is -2.18. The SMILES string of the molecule is CN(C(=O)Cc1ccc(-n2cccc2)cc1)c1ccc(S(C)(=O)=O)cc1. The van der Waals surface area contributed by atoms with Crippen LogP contribution in [0.15, 0.2) is 78.0 Å². The van der Waals surface area contributed by atoms with E-state index in [0.29, 0.717) is 5.69 Å². The van der Waals surface area contributed by atoms with Crippen LogP contribution in [0.5, 0.6) is 0 Å². The van der Waals surface area contributed by atoms with Crippen molar-refractivity contribution < 1.29 is 13.2 Å². The van der Waals surface area contributed by atoms with Gasteiger partial charge in [0.05, 0.1) is 11.3 Å². The molecule has 134 valence electrons. The number of benzene rings is 2. The van der Waals surface area contributed by atoms with Crippen molar-refractivity contribution in [1.82, 2.24) is 4.57 Å². The summed E-state index contributed by atoms with van der Waals surface area (Å²) in [6.07, 6.45) is 5.37. The highest BCUT2D eigenvalue weighted by Crippen LogP contribution is 2.18. The third kappa shape index (κ3) is 4.03. The second kappa shape index (κ2) is 7.17. The van der Waals surface area contributed by atoms with E-state index in [4.69, 9.17) is 0 Å². The number of nitrogens with zero attached hydrogens (tertiary/aromatic N) is 2. The van der Waals surface area contributed by atoms with Crippen LogP contribution in [0.2, 0.25) is 0 Å². The maximum atomic E-state index is 12.5. The van der Waals surface area contributed by atoms with Crippen molar-refractivity contribution in [2.45, 2.75) is 11.3 Å². The number of rotatable bonds is 5. The fraction of sp³-hybridized carbons (Fsp3) is 0.150. The molecule has 0 aliphatic rings. The van der Waals surface area contributed by atoms with Crippen LogP contribution in [0.4, 0.5) is 5.69 Å². The monoisotopic (exact) mass is 368 g/mol. The molecular formula is C20H20N2O3S. The van der Waals surface area contributed by atoms with E-state index >= 15 is 0 Å². The summed E-state index contributed by atoms with van der Waals surface area (Å²) >= 11 is 0. The molecule has 26 heavy (non-hydrogen) atoms.